The molecule has 1 rings (SSSR count). The highest BCUT2D eigenvalue weighted by atomic mass is 32.1. The van der Waals surface area contributed by atoms with Crippen molar-refractivity contribution in [1.29, 1.82) is 0 Å². The van der Waals surface area contributed by atoms with E-state index in [1.165, 1.54) is 45.1 Å². The zero-order chi connectivity index (χ0) is 13.8. The van der Waals surface area contributed by atoms with Gasteiger partial charge in [-0.2, -0.15) is 12.6 Å². The molecule has 0 N–H and O–H groups in total. The van der Waals surface area contributed by atoms with Gasteiger partial charge in [0.25, 0.3) is 0 Å². The van der Waals surface area contributed by atoms with Crippen LogP contribution in [0.1, 0.15) is 66.2 Å². The molecule has 0 unspecified atom stereocenters. The Morgan fingerprint density at radius 3 is 2.06 bits per heavy atom. The first-order valence-electron chi connectivity index (χ1n) is 7.69. The maximum Gasteiger partial charge on any atom is 0.00928 e. The standard InChI is InChI=1S/C16H33NS/c1-6-16(7-2,13-18)12-17(5)14-8-10-15(3,4)11-9-14/h14,18H,6-13H2,1-5H3. The molecular weight excluding hydrogens is 238 g/mol. The van der Waals surface area contributed by atoms with E-state index >= 15 is 0 Å². The summed E-state index contributed by atoms with van der Waals surface area (Å²) >= 11 is 4.60. The number of hydrogen-bond donors (Lipinski definition) is 1. The van der Waals surface area contributed by atoms with Gasteiger partial charge in [-0.05, 0) is 62.2 Å². The molecule has 108 valence electrons. The van der Waals surface area contributed by atoms with Crippen LogP contribution in [0.25, 0.3) is 0 Å². The van der Waals surface area contributed by atoms with Gasteiger partial charge in [0.2, 0.25) is 0 Å². The zero-order valence-corrected chi connectivity index (χ0v) is 14.0. The predicted molar refractivity (Wildman–Crippen MR) is 85.5 cm³/mol. The van der Waals surface area contributed by atoms with Crippen LogP contribution >= 0.6 is 12.6 Å². The summed E-state index contributed by atoms with van der Waals surface area (Å²) in [6, 6.07) is 0.801. The van der Waals surface area contributed by atoms with Gasteiger partial charge in [0.15, 0.2) is 0 Å². The van der Waals surface area contributed by atoms with E-state index in [0.29, 0.717) is 10.8 Å². The molecule has 0 bridgehead atoms. The van der Waals surface area contributed by atoms with Gasteiger partial charge >= 0.3 is 0 Å². The second-order valence-electron chi connectivity index (χ2n) is 7.18. The zero-order valence-electron chi connectivity index (χ0n) is 13.1. The Kier molecular flexibility index (Phi) is 6.05. The van der Waals surface area contributed by atoms with Crippen molar-refractivity contribution in [2.24, 2.45) is 10.8 Å². The molecule has 0 aliphatic heterocycles. The van der Waals surface area contributed by atoms with Crippen LogP contribution in [0.3, 0.4) is 0 Å². The van der Waals surface area contributed by atoms with Crippen LogP contribution in [0.5, 0.6) is 0 Å². The van der Waals surface area contributed by atoms with E-state index in [1.54, 1.807) is 0 Å². The third kappa shape index (κ3) is 4.16. The molecule has 0 heterocycles. The molecule has 0 aromatic heterocycles. The molecule has 2 heteroatoms. The summed E-state index contributed by atoms with van der Waals surface area (Å²) < 4.78 is 0. The lowest BCUT2D eigenvalue weighted by Gasteiger charge is -2.42. The average molecular weight is 272 g/mol. The molecular formula is C16H33NS. The van der Waals surface area contributed by atoms with Crippen molar-refractivity contribution >= 4 is 12.6 Å². The van der Waals surface area contributed by atoms with Crippen molar-refractivity contribution in [3.8, 4) is 0 Å². The maximum absolute atomic E-state index is 4.60. The normalized spacial score (nSPS) is 21.5. The van der Waals surface area contributed by atoms with Crippen molar-refractivity contribution < 1.29 is 0 Å². The highest BCUT2D eigenvalue weighted by Crippen LogP contribution is 2.38. The molecule has 1 saturated carbocycles. The van der Waals surface area contributed by atoms with E-state index in [4.69, 9.17) is 0 Å². The number of hydrogen-bond acceptors (Lipinski definition) is 2. The van der Waals surface area contributed by atoms with Gasteiger partial charge < -0.3 is 4.90 Å². The second kappa shape index (κ2) is 6.65. The molecule has 0 spiro atoms. The third-order valence-corrected chi connectivity index (χ3v) is 6.02. The van der Waals surface area contributed by atoms with Crippen LogP contribution in [0.2, 0.25) is 0 Å². The van der Waals surface area contributed by atoms with Gasteiger partial charge in [-0.15, -0.1) is 0 Å². The lowest BCUT2D eigenvalue weighted by Crippen LogP contribution is -2.44. The van der Waals surface area contributed by atoms with E-state index in [-0.39, 0.29) is 0 Å². The summed E-state index contributed by atoms with van der Waals surface area (Å²) in [4.78, 5) is 2.62. The summed E-state index contributed by atoms with van der Waals surface area (Å²) in [7, 11) is 2.33. The van der Waals surface area contributed by atoms with E-state index in [2.05, 4.69) is 52.3 Å². The predicted octanol–water partition coefficient (Wildman–Crippen LogP) is 4.62. The Morgan fingerprint density at radius 2 is 1.67 bits per heavy atom. The Morgan fingerprint density at radius 1 is 1.17 bits per heavy atom. The van der Waals surface area contributed by atoms with Gasteiger partial charge in [-0.1, -0.05) is 27.7 Å². The highest BCUT2D eigenvalue weighted by Gasteiger charge is 2.32. The molecule has 1 nitrogen and oxygen atoms in total. The largest absolute Gasteiger partial charge is 0.303 e. The first kappa shape index (κ1) is 16.4. The second-order valence-corrected chi connectivity index (χ2v) is 7.49. The topological polar surface area (TPSA) is 3.24 Å². The Balaban J connectivity index is 2.53. The van der Waals surface area contributed by atoms with Gasteiger partial charge in [0.05, 0.1) is 0 Å². The first-order valence-corrected chi connectivity index (χ1v) is 8.32. The smallest absolute Gasteiger partial charge is 0.00928 e. The van der Waals surface area contributed by atoms with E-state index in [1.807, 2.05) is 0 Å². The Hall–Kier alpha value is 0.310. The number of rotatable bonds is 6. The van der Waals surface area contributed by atoms with Crippen molar-refractivity contribution in [3.05, 3.63) is 0 Å². The van der Waals surface area contributed by atoms with Crippen molar-refractivity contribution in [2.45, 2.75) is 72.3 Å². The first-order chi connectivity index (χ1) is 8.38. The molecule has 0 saturated heterocycles. The van der Waals surface area contributed by atoms with E-state index in [9.17, 15) is 0 Å². The molecule has 0 aromatic carbocycles. The van der Waals surface area contributed by atoms with Gasteiger partial charge in [-0.25, -0.2) is 0 Å². The fourth-order valence-electron chi connectivity index (χ4n) is 3.23. The number of nitrogens with zero attached hydrogens (tertiary/aromatic N) is 1. The highest BCUT2D eigenvalue weighted by molar-refractivity contribution is 7.80. The summed E-state index contributed by atoms with van der Waals surface area (Å²) in [5.41, 5.74) is 0.998. The van der Waals surface area contributed by atoms with Gasteiger partial charge in [0, 0.05) is 12.6 Å². The van der Waals surface area contributed by atoms with Crippen LogP contribution < -0.4 is 0 Å². The van der Waals surface area contributed by atoms with Crippen molar-refractivity contribution in [2.75, 3.05) is 19.3 Å². The van der Waals surface area contributed by atoms with Gasteiger partial charge in [0.1, 0.15) is 0 Å². The fourth-order valence-corrected chi connectivity index (χ4v) is 3.78. The summed E-state index contributed by atoms with van der Waals surface area (Å²) in [6.45, 7) is 10.7. The van der Waals surface area contributed by atoms with Crippen LogP contribution in [0.4, 0.5) is 0 Å². The third-order valence-electron chi connectivity index (χ3n) is 5.35. The quantitative estimate of drug-likeness (QED) is 0.690. The monoisotopic (exact) mass is 271 g/mol. The van der Waals surface area contributed by atoms with Crippen LogP contribution in [0, 0.1) is 10.8 Å². The lowest BCUT2D eigenvalue weighted by atomic mass is 9.74. The average Bonchev–Trinajstić information content (AvgIpc) is 2.36. The maximum atomic E-state index is 4.60. The fraction of sp³-hybridized carbons (Fsp3) is 1.00. The van der Waals surface area contributed by atoms with Crippen LogP contribution in [-0.2, 0) is 0 Å². The Bertz CT molecular complexity index is 227. The van der Waals surface area contributed by atoms with Gasteiger partial charge in [-0.3, -0.25) is 0 Å². The number of thiol groups is 1. The molecule has 1 aliphatic rings. The van der Waals surface area contributed by atoms with Crippen molar-refractivity contribution in [3.63, 3.8) is 0 Å². The summed E-state index contributed by atoms with van der Waals surface area (Å²) in [6.07, 6.45) is 8.01. The van der Waals surface area contributed by atoms with E-state index in [0.717, 1.165) is 11.8 Å². The minimum absolute atomic E-state index is 0.421. The minimum atomic E-state index is 0.421. The molecule has 0 atom stereocenters. The minimum Gasteiger partial charge on any atom is -0.303 e. The molecule has 0 aromatic rings. The molecule has 0 amide bonds. The Labute approximate surface area is 120 Å². The van der Waals surface area contributed by atoms with Crippen molar-refractivity contribution in [1.82, 2.24) is 4.90 Å². The summed E-state index contributed by atoms with van der Waals surface area (Å²) in [5, 5.41) is 0. The van der Waals surface area contributed by atoms with E-state index < -0.39 is 0 Å². The molecule has 1 fully saturated rings. The molecule has 1 aliphatic carbocycles. The summed E-state index contributed by atoms with van der Waals surface area (Å²) in [5.74, 6) is 1.02. The molecule has 18 heavy (non-hydrogen) atoms. The lowest BCUT2D eigenvalue weighted by molar-refractivity contribution is 0.0879. The van der Waals surface area contributed by atoms with Crippen LogP contribution in [-0.4, -0.2) is 30.3 Å². The van der Waals surface area contributed by atoms with Crippen LogP contribution in [0.15, 0.2) is 0 Å². The SMILES string of the molecule is CCC(CC)(CS)CN(C)C1CCC(C)(C)CC1. The molecule has 0 radical (unpaired) electrons.